The van der Waals surface area contributed by atoms with Crippen LogP contribution in [-0.4, -0.2) is 24.2 Å². The number of hydrogen-bond donors (Lipinski definition) is 0. The number of allylic oxidation sites excluding steroid dienone is 1. The van der Waals surface area contributed by atoms with Gasteiger partial charge in [-0.1, -0.05) is 6.08 Å². The lowest BCUT2D eigenvalue weighted by atomic mass is 10.5. The van der Waals surface area contributed by atoms with Gasteiger partial charge in [-0.05, 0) is 13.8 Å². The van der Waals surface area contributed by atoms with Crippen LogP contribution in [0.15, 0.2) is 17.3 Å². The molecule has 0 saturated heterocycles. The van der Waals surface area contributed by atoms with Crippen molar-refractivity contribution in [2.24, 2.45) is 5.10 Å². The molecule has 0 heterocycles. The van der Waals surface area contributed by atoms with E-state index in [-0.39, 0.29) is 5.91 Å². The summed E-state index contributed by atoms with van der Waals surface area (Å²) in [6.07, 6.45) is 4.72. The van der Waals surface area contributed by atoms with Gasteiger partial charge in [-0.25, -0.2) is 5.01 Å². The van der Waals surface area contributed by atoms with Crippen molar-refractivity contribution in [1.29, 1.82) is 0 Å². The SMILES string of the molecule is C/C=C\C(=O)N(C)/N=C\C. The lowest BCUT2D eigenvalue weighted by Gasteiger charge is -2.05. The Balaban J connectivity index is 3.94. The molecule has 0 unspecified atom stereocenters. The van der Waals surface area contributed by atoms with Crippen molar-refractivity contribution in [3.63, 3.8) is 0 Å². The summed E-state index contributed by atoms with van der Waals surface area (Å²) in [6, 6.07) is 0. The van der Waals surface area contributed by atoms with Crippen molar-refractivity contribution < 1.29 is 4.79 Å². The summed E-state index contributed by atoms with van der Waals surface area (Å²) in [7, 11) is 1.61. The molecule has 3 heteroatoms. The lowest BCUT2D eigenvalue weighted by Crippen LogP contribution is -2.18. The second-order valence-electron chi connectivity index (χ2n) is 1.74. The monoisotopic (exact) mass is 140 g/mol. The van der Waals surface area contributed by atoms with Crippen LogP contribution in [-0.2, 0) is 4.79 Å². The van der Waals surface area contributed by atoms with Gasteiger partial charge >= 0.3 is 0 Å². The van der Waals surface area contributed by atoms with Crippen LogP contribution in [0.3, 0.4) is 0 Å². The van der Waals surface area contributed by atoms with Gasteiger partial charge in [0.2, 0.25) is 0 Å². The van der Waals surface area contributed by atoms with E-state index in [1.54, 1.807) is 33.2 Å². The smallest absolute Gasteiger partial charge is 0.266 e. The average Bonchev–Trinajstić information content (AvgIpc) is 1.89. The van der Waals surface area contributed by atoms with Gasteiger partial charge in [-0.3, -0.25) is 4.79 Å². The number of hydrogen-bond acceptors (Lipinski definition) is 2. The van der Waals surface area contributed by atoms with E-state index in [4.69, 9.17) is 0 Å². The maximum absolute atomic E-state index is 10.9. The molecule has 0 radical (unpaired) electrons. The van der Waals surface area contributed by atoms with Crippen molar-refractivity contribution in [3.8, 4) is 0 Å². The van der Waals surface area contributed by atoms with E-state index < -0.39 is 0 Å². The normalized spacial score (nSPS) is 11.1. The fourth-order valence-electron chi connectivity index (χ4n) is 0.481. The third kappa shape index (κ3) is 3.02. The first kappa shape index (κ1) is 8.88. The number of carbonyl (C=O) groups excluding carboxylic acids is 1. The van der Waals surface area contributed by atoms with Gasteiger partial charge in [0.1, 0.15) is 0 Å². The fourth-order valence-corrected chi connectivity index (χ4v) is 0.481. The summed E-state index contributed by atoms with van der Waals surface area (Å²) in [6.45, 7) is 3.56. The van der Waals surface area contributed by atoms with Crippen LogP contribution >= 0.6 is 0 Å². The van der Waals surface area contributed by atoms with Gasteiger partial charge in [0.15, 0.2) is 0 Å². The van der Waals surface area contributed by atoms with Crippen LogP contribution in [0, 0.1) is 0 Å². The maximum Gasteiger partial charge on any atom is 0.266 e. The summed E-state index contributed by atoms with van der Waals surface area (Å²) in [5.74, 6) is -0.111. The summed E-state index contributed by atoms with van der Waals surface area (Å²) in [4.78, 5) is 10.9. The van der Waals surface area contributed by atoms with Crippen LogP contribution in [0.25, 0.3) is 0 Å². The molecule has 3 nitrogen and oxygen atoms in total. The van der Waals surface area contributed by atoms with Crippen LogP contribution in [0.5, 0.6) is 0 Å². The molecule has 0 aromatic rings. The average molecular weight is 140 g/mol. The van der Waals surface area contributed by atoms with Crippen LogP contribution in [0.1, 0.15) is 13.8 Å². The predicted molar refractivity (Wildman–Crippen MR) is 41.8 cm³/mol. The van der Waals surface area contributed by atoms with Crippen molar-refractivity contribution in [1.82, 2.24) is 5.01 Å². The van der Waals surface area contributed by atoms with E-state index in [1.807, 2.05) is 0 Å². The van der Waals surface area contributed by atoms with Crippen molar-refractivity contribution >= 4 is 12.1 Å². The molecule has 0 atom stereocenters. The molecule has 1 amide bonds. The maximum atomic E-state index is 10.9. The van der Waals surface area contributed by atoms with Gasteiger partial charge in [0, 0.05) is 19.3 Å². The summed E-state index contributed by atoms with van der Waals surface area (Å²) < 4.78 is 0. The molecule has 0 aromatic heterocycles. The number of carbonyl (C=O) groups is 1. The summed E-state index contributed by atoms with van der Waals surface area (Å²) >= 11 is 0. The molecular formula is C7H12N2O. The highest BCUT2D eigenvalue weighted by molar-refractivity contribution is 5.87. The molecule has 0 bridgehead atoms. The molecule has 0 fully saturated rings. The number of likely N-dealkylation sites (N-methyl/N-ethyl adjacent to an activating group) is 1. The van der Waals surface area contributed by atoms with Crippen LogP contribution < -0.4 is 0 Å². The molecule has 0 N–H and O–H groups in total. The molecule has 0 aliphatic carbocycles. The van der Waals surface area contributed by atoms with Gasteiger partial charge in [-0.15, -0.1) is 0 Å². The molecule has 0 aliphatic rings. The predicted octanol–water partition coefficient (Wildman–Crippen LogP) is 1.03. The van der Waals surface area contributed by atoms with E-state index in [9.17, 15) is 4.79 Å². The lowest BCUT2D eigenvalue weighted by molar-refractivity contribution is -0.124. The Hall–Kier alpha value is -1.12. The Morgan fingerprint density at radius 3 is 2.50 bits per heavy atom. The zero-order valence-corrected chi connectivity index (χ0v) is 6.53. The number of nitrogens with zero attached hydrogens (tertiary/aromatic N) is 2. The van der Waals surface area contributed by atoms with Crippen molar-refractivity contribution in [3.05, 3.63) is 12.2 Å². The second kappa shape index (κ2) is 4.73. The van der Waals surface area contributed by atoms with Crippen LogP contribution in [0.4, 0.5) is 0 Å². The molecule has 0 saturated carbocycles. The Morgan fingerprint density at radius 2 is 2.10 bits per heavy atom. The van der Waals surface area contributed by atoms with E-state index in [0.717, 1.165) is 0 Å². The number of rotatable bonds is 2. The Labute approximate surface area is 61.0 Å². The van der Waals surface area contributed by atoms with E-state index >= 15 is 0 Å². The fraction of sp³-hybridized carbons (Fsp3) is 0.429. The zero-order chi connectivity index (χ0) is 7.98. The molecule has 0 rings (SSSR count). The third-order valence-electron chi connectivity index (χ3n) is 0.917. The van der Waals surface area contributed by atoms with Crippen molar-refractivity contribution in [2.45, 2.75) is 13.8 Å². The number of hydrazone groups is 1. The molecule has 10 heavy (non-hydrogen) atoms. The highest BCUT2D eigenvalue weighted by atomic mass is 16.2. The first-order chi connectivity index (χ1) is 4.72. The zero-order valence-electron chi connectivity index (χ0n) is 6.53. The Kier molecular flexibility index (Phi) is 4.20. The summed E-state index contributed by atoms with van der Waals surface area (Å²) in [5.41, 5.74) is 0. The first-order valence-corrected chi connectivity index (χ1v) is 3.11. The number of amides is 1. The van der Waals surface area contributed by atoms with Gasteiger partial charge in [-0.2, -0.15) is 5.10 Å². The minimum Gasteiger partial charge on any atom is -0.268 e. The van der Waals surface area contributed by atoms with E-state index in [2.05, 4.69) is 5.10 Å². The Morgan fingerprint density at radius 1 is 1.50 bits per heavy atom. The quantitative estimate of drug-likeness (QED) is 0.320. The second-order valence-corrected chi connectivity index (χ2v) is 1.74. The first-order valence-electron chi connectivity index (χ1n) is 3.11. The van der Waals surface area contributed by atoms with E-state index in [0.29, 0.717) is 0 Å². The molecule has 0 spiro atoms. The molecule has 0 aliphatic heterocycles. The minimum atomic E-state index is -0.111. The standard InChI is InChI=1S/C7H12N2O/c1-4-6-7(10)9(3)8-5-2/h4-6H,1-3H3/b6-4-,8-5-. The minimum absolute atomic E-state index is 0.111. The van der Waals surface area contributed by atoms with Gasteiger partial charge in [0.25, 0.3) is 5.91 Å². The van der Waals surface area contributed by atoms with Crippen molar-refractivity contribution in [2.75, 3.05) is 7.05 Å². The molecular weight excluding hydrogens is 128 g/mol. The van der Waals surface area contributed by atoms with Gasteiger partial charge in [0.05, 0.1) is 0 Å². The summed E-state index contributed by atoms with van der Waals surface area (Å²) in [5, 5.41) is 5.03. The molecule has 0 aromatic carbocycles. The third-order valence-corrected chi connectivity index (χ3v) is 0.917. The Bertz CT molecular complexity index is 161. The highest BCUT2D eigenvalue weighted by Gasteiger charge is 1.98. The largest absolute Gasteiger partial charge is 0.268 e. The highest BCUT2D eigenvalue weighted by Crippen LogP contribution is 1.85. The topological polar surface area (TPSA) is 32.7 Å². The van der Waals surface area contributed by atoms with Crippen LogP contribution in [0.2, 0.25) is 0 Å². The van der Waals surface area contributed by atoms with Gasteiger partial charge < -0.3 is 0 Å². The van der Waals surface area contributed by atoms with E-state index in [1.165, 1.54) is 11.1 Å². The molecule has 56 valence electrons.